The molecule has 2 heterocycles. The second-order valence-corrected chi connectivity index (χ2v) is 8.56. The SMILES string of the molecule is NC(=O)C1CCN(c2ccc(NC(=O)CN3C(=O)COc4cc(Br)ccc43)cc2)CC1. The summed E-state index contributed by atoms with van der Waals surface area (Å²) >= 11 is 3.38. The summed E-state index contributed by atoms with van der Waals surface area (Å²) in [5.41, 5.74) is 7.65. The topological polar surface area (TPSA) is 105 Å². The van der Waals surface area contributed by atoms with Crippen molar-refractivity contribution in [2.75, 3.05) is 41.4 Å². The summed E-state index contributed by atoms with van der Waals surface area (Å²) in [6.45, 7) is 1.35. The number of piperidine rings is 1. The third kappa shape index (κ3) is 4.82. The van der Waals surface area contributed by atoms with Crippen LogP contribution < -0.4 is 25.6 Å². The highest BCUT2D eigenvalue weighted by atomic mass is 79.9. The molecule has 2 aliphatic heterocycles. The monoisotopic (exact) mass is 486 g/mol. The maximum absolute atomic E-state index is 12.6. The van der Waals surface area contributed by atoms with E-state index in [0.29, 0.717) is 17.1 Å². The lowest BCUT2D eigenvalue weighted by Gasteiger charge is -2.32. The first-order chi connectivity index (χ1) is 14.9. The van der Waals surface area contributed by atoms with Crippen molar-refractivity contribution in [3.63, 3.8) is 0 Å². The lowest BCUT2D eigenvalue weighted by atomic mass is 9.96. The smallest absolute Gasteiger partial charge is 0.265 e. The van der Waals surface area contributed by atoms with Crippen molar-refractivity contribution in [1.82, 2.24) is 0 Å². The average molecular weight is 487 g/mol. The molecule has 4 rings (SSSR count). The Morgan fingerprint density at radius 2 is 1.84 bits per heavy atom. The maximum atomic E-state index is 12.6. The van der Waals surface area contributed by atoms with Crippen LogP contribution in [-0.4, -0.2) is 44.0 Å². The molecule has 1 fully saturated rings. The molecule has 0 radical (unpaired) electrons. The quantitative estimate of drug-likeness (QED) is 0.675. The van der Waals surface area contributed by atoms with Gasteiger partial charge in [0, 0.05) is 34.9 Å². The minimum absolute atomic E-state index is 0.0519. The standard InChI is InChI=1S/C22H23BrN4O4/c23-15-1-6-18-19(11-15)31-13-21(29)27(18)12-20(28)25-16-2-4-17(5-3-16)26-9-7-14(8-10-26)22(24)30/h1-6,11,14H,7-10,12-13H2,(H2,24,30)(H,25,28). The number of hydrogen-bond donors (Lipinski definition) is 2. The molecule has 3 N–H and O–H groups in total. The molecule has 3 amide bonds. The number of carbonyl (C=O) groups excluding carboxylic acids is 3. The zero-order chi connectivity index (χ0) is 22.0. The molecule has 0 aromatic heterocycles. The summed E-state index contributed by atoms with van der Waals surface area (Å²) in [5.74, 6) is -0.277. The number of anilines is 3. The zero-order valence-corrected chi connectivity index (χ0v) is 18.4. The van der Waals surface area contributed by atoms with E-state index in [2.05, 4.69) is 26.1 Å². The zero-order valence-electron chi connectivity index (χ0n) is 16.8. The Balaban J connectivity index is 1.36. The Hall–Kier alpha value is -3.07. The van der Waals surface area contributed by atoms with Gasteiger partial charge >= 0.3 is 0 Å². The van der Waals surface area contributed by atoms with Crippen LogP contribution in [0.2, 0.25) is 0 Å². The molecule has 9 heteroatoms. The Bertz CT molecular complexity index is 1000. The molecular formula is C22H23BrN4O4. The molecule has 2 aliphatic rings. The van der Waals surface area contributed by atoms with E-state index in [1.54, 1.807) is 18.2 Å². The van der Waals surface area contributed by atoms with Crippen LogP contribution in [0.25, 0.3) is 0 Å². The molecule has 162 valence electrons. The number of nitrogens with one attached hydrogen (secondary N) is 1. The summed E-state index contributed by atoms with van der Waals surface area (Å²) in [6, 6.07) is 12.9. The molecule has 2 aromatic carbocycles. The predicted molar refractivity (Wildman–Crippen MR) is 121 cm³/mol. The van der Waals surface area contributed by atoms with Gasteiger partial charge in [0.15, 0.2) is 6.61 Å². The molecule has 0 aliphatic carbocycles. The molecule has 0 unspecified atom stereocenters. The van der Waals surface area contributed by atoms with Gasteiger partial charge in [-0.3, -0.25) is 19.3 Å². The number of ether oxygens (including phenoxy) is 1. The lowest BCUT2D eigenvalue weighted by molar-refractivity contribution is -0.123. The molecule has 0 saturated carbocycles. The van der Waals surface area contributed by atoms with Crippen molar-refractivity contribution in [3.8, 4) is 5.75 Å². The van der Waals surface area contributed by atoms with Gasteiger partial charge < -0.3 is 20.7 Å². The molecule has 8 nitrogen and oxygen atoms in total. The molecule has 1 saturated heterocycles. The highest BCUT2D eigenvalue weighted by Crippen LogP contribution is 2.34. The first-order valence-electron chi connectivity index (χ1n) is 10.1. The molecule has 0 bridgehead atoms. The van der Waals surface area contributed by atoms with Crippen molar-refractivity contribution in [1.29, 1.82) is 0 Å². The van der Waals surface area contributed by atoms with Gasteiger partial charge in [-0.05, 0) is 55.3 Å². The fourth-order valence-electron chi connectivity index (χ4n) is 3.87. The first-order valence-corrected chi connectivity index (χ1v) is 10.9. The van der Waals surface area contributed by atoms with Crippen LogP contribution in [0.1, 0.15) is 12.8 Å². The van der Waals surface area contributed by atoms with Crippen LogP contribution in [-0.2, 0) is 14.4 Å². The number of amides is 3. The van der Waals surface area contributed by atoms with E-state index >= 15 is 0 Å². The molecule has 0 atom stereocenters. The van der Waals surface area contributed by atoms with E-state index in [0.717, 1.165) is 36.1 Å². The van der Waals surface area contributed by atoms with Crippen molar-refractivity contribution >= 4 is 50.7 Å². The van der Waals surface area contributed by atoms with Gasteiger partial charge in [-0.25, -0.2) is 0 Å². The van der Waals surface area contributed by atoms with Gasteiger partial charge in [0.05, 0.1) is 5.69 Å². The normalized spacial score (nSPS) is 16.5. The number of hydrogen-bond acceptors (Lipinski definition) is 5. The summed E-state index contributed by atoms with van der Waals surface area (Å²) in [7, 11) is 0. The van der Waals surface area contributed by atoms with Crippen molar-refractivity contribution < 1.29 is 19.1 Å². The molecule has 0 spiro atoms. The van der Waals surface area contributed by atoms with Gasteiger partial charge in [-0.1, -0.05) is 15.9 Å². The fraction of sp³-hybridized carbons (Fsp3) is 0.318. The summed E-state index contributed by atoms with van der Waals surface area (Å²) in [4.78, 5) is 39.8. The van der Waals surface area contributed by atoms with Crippen LogP contribution in [0.5, 0.6) is 5.75 Å². The lowest BCUT2D eigenvalue weighted by Crippen LogP contribution is -2.43. The number of carbonyl (C=O) groups is 3. The number of rotatable bonds is 5. The minimum atomic E-state index is -0.292. The van der Waals surface area contributed by atoms with Gasteiger partial charge in [0.2, 0.25) is 11.8 Å². The first kappa shape index (κ1) is 21.2. The summed E-state index contributed by atoms with van der Waals surface area (Å²) in [6.07, 6.45) is 1.50. The van der Waals surface area contributed by atoms with Crippen LogP contribution in [0.3, 0.4) is 0 Å². The highest BCUT2D eigenvalue weighted by Gasteiger charge is 2.27. The van der Waals surface area contributed by atoms with Crippen molar-refractivity contribution in [2.24, 2.45) is 11.7 Å². The highest BCUT2D eigenvalue weighted by molar-refractivity contribution is 9.10. The number of primary amides is 1. The number of halogens is 1. The van der Waals surface area contributed by atoms with E-state index < -0.39 is 0 Å². The number of benzene rings is 2. The van der Waals surface area contributed by atoms with Crippen LogP contribution in [0.15, 0.2) is 46.9 Å². The Morgan fingerprint density at radius 3 is 2.52 bits per heavy atom. The van der Waals surface area contributed by atoms with Gasteiger partial charge in [-0.2, -0.15) is 0 Å². The van der Waals surface area contributed by atoms with Gasteiger partial charge in [0.1, 0.15) is 12.3 Å². The number of nitrogens with two attached hydrogens (primary N) is 1. The predicted octanol–water partition coefficient (Wildman–Crippen LogP) is 2.51. The van der Waals surface area contributed by atoms with E-state index in [4.69, 9.17) is 10.5 Å². The van der Waals surface area contributed by atoms with E-state index in [1.165, 1.54) is 4.90 Å². The fourth-order valence-corrected chi connectivity index (χ4v) is 4.21. The number of nitrogens with zero attached hydrogens (tertiary/aromatic N) is 2. The Morgan fingerprint density at radius 1 is 1.13 bits per heavy atom. The maximum Gasteiger partial charge on any atom is 0.265 e. The second kappa shape index (κ2) is 8.97. The van der Waals surface area contributed by atoms with Crippen molar-refractivity contribution in [2.45, 2.75) is 12.8 Å². The molecule has 2 aromatic rings. The van der Waals surface area contributed by atoms with E-state index in [9.17, 15) is 14.4 Å². The summed E-state index contributed by atoms with van der Waals surface area (Å²) < 4.78 is 6.29. The minimum Gasteiger partial charge on any atom is -0.482 e. The molecule has 31 heavy (non-hydrogen) atoms. The van der Waals surface area contributed by atoms with Crippen LogP contribution in [0.4, 0.5) is 17.1 Å². The van der Waals surface area contributed by atoms with Gasteiger partial charge in [0.25, 0.3) is 5.91 Å². The molecular weight excluding hydrogens is 464 g/mol. The average Bonchev–Trinajstić information content (AvgIpc) is 2.76. The van der Waals surface area contributed by atoms with E-state index in [-0.39, 0.29) is 36.8 Å². The summed E-state index contributed by atoms with van der Waals surface area (Å²) in [5, 5.41) is 2.84. The van der Waals surface area contributed by atoms with Crippen LogP contribution >= 0.6 is 15.9 Å². The largest absolute Gasteiger partial charge is 0.482 e. The van der Waals surface area contributed by atoms with Crippen molar-refractivity contribution in [3.05, 3.63) is 46.9 Å². The Labute approximate surface area is 188 Å². The third-order valence-electron chi connectivity index (χ3n) is 5.58. The third-order valence-corrected chi connectivity index (χ3v) is 6.07. The number of fused-ring (bicyclic) bond motifs is 1. The van der Waals surface area contributed by atoms with Gasteiger partial charge in [-0.15, -0.1) is 0 Å². The second-order valence-electron chi connectivity index (χ2n) is 7.64. The van der Waals surface area contributed by atoms with E-state index in [1.807, 2.05) is 24.3 Å². The van der Waals surface area contributed by atoms with Crippen LogP contribution in [0, 0.1) is 5.92 Å². The Kier molecular flexibility index (Phi) is 6.13.